The van der Waals surface area contributed by atoms with Crippen molar-refractivity contribution >= 4 is 17.8 Å². The normalized spacial score (nSPS) is 13.0. The second kappa shape index (κ2) is 7.75. The lowest BCUT2D eigenvalue weighted by molar-refractivity contribution is -0.145. The van der Waals surface area contributed by atoms with Gasteiger partial charge in [-0.15, -0.1) is 0 Å². The molecule has 0 spiro atoms. The lowest BCUT2D eigenvalue weighted by atomic mass is 10.1. The van der Waals surface area contributed by atoms with Crippen LogP contribution in [0.4, 0.5) is 0 Å². The summed E-state index contributed by atoms with van der Waals surface area (Å²) in [6.07, 6.45) is 1.42. The number of amides is 2. The zero-order valence-corrected chi connectivity index (χ0v) is 13.8. The fraction of sp³-hybridized carbons (Fsp3) is 0.250. The van der Waals surface area contributed by atoms with Crippen LogP contribution in [0, 0.1) is 0 Å². The summed E-state index contributed by atoms with van der Waals surface area (Å²) in [4.78, 5) is 37.4. The standard InChI is InChI=1S/C20H19NO4/c22-18(25-14-15-8-2-1-3-9-15)12-6-7-13-21-19(23)16-10-4-5-11-17(16)20(21)24/h1-5,8-11H,6-7,12-14H2. The molecule has 0 saturated carbocycles. The fourth-order valence-corrected chi connectivity index (χ4v) is 2.79. The van der Waals surface area contributed by atoms with Gasteiger partial charge >= 0.3 is 5.97 Å². The first-order chi connectivity index (χ1) is 12.2. The van der Waals surface area contributed by atoms with E-state index in [2.05, 4.69) is 0 Å². The van der Waals surface area contributed by atoms with Crippen LogP contribution in [0.3, 0.4) is 0 Å². The molecule has 0 saturated heterocycles. The maximum atomic E-state index is 12.2. The van der Waals surface area contributed by atoms with Crippen molar-refractivity contribution in [1.29, 1.82) is 0 Å². The minimum absolute atomic E-state index is 0.257. The van der Waals surface area contributed by atoms with E-state index in [9.17, 15) is 14.4 Å². The Hall–Kier alpha value is -2.95. The molecule has 0 aromatic heterocycles. The van der Waals surface area contributed by atoms with E-state index in [0.717, 1.165) is 5.56 Å². The van der Waals surface area contributed by atoms with Gasteiger partial charge in [0.2, 0.25) is 0 Å². The van der Waals surface area contributed by atoms with E-state index < -0.39 is 0 Å². The molecule has 0 radical (unpaired) electrons. The van der Waals surface area contributed by atoms with Crippen LogP contribution in [0.1, 0.15) is 45.5 Å². The summed E-state index contributed by atoms with van der Waals surface area (Å²) < 4.78 is 5.21. The Morgan fingerprint density at radius 3 is 2.08 bits per heavy atom. The molecule has 2 aromatic rings. The summed E-state index contributed by atoms with van der Waals surface area (Å²) in [5.74, 6) is -0.786. The summed E-state index contributed by atoms with van der Waals surface area (Å²) in [6.45, 7) is 0.580. The Balaban J connectivity index is 1.40. The zero-order chi connectivity index (χ0) is 17.6. The third-order valence-corrected chi connectivity index (χ3v) is 4.13. The molecule has 5 heteroatoms. The topological polar surface area (TPSA) is 63.7 Å². The molecule has 1 aliphatic heterocycles. The first kappa shape index (κ1) is 16.9. The molecule has 5 nitrogen and oxygen atoms in total. The Kier molecular flexibility index (Phi) is 5.23. The van der Waals surface area contributed by atoms with Crippen LogP contribution in [0.15, 0.2) is 54.6 Å². The maximum absolute atomic E-state index is 12.2. The predicted molar refractivity (Wildman–Crippen MR) is 91.9 cm³/mol. The second-order valence-corrected chi connectivity index (χ2v) is 5.91. The van der Waals surface area contributed by atoms with Crippen molar-refractivity contribution in [2.75, 3.05) is 6.54 Å². The second-order valence-electron chi connectivity index (χ2n) is 5.91. The summed E-state index contributed by atoms with van der Waals surface area (Å²) in [7, 11) is 0. The quantitative estimate of drug-likeness (QED) is 0.442. The van der Waals surface area contributed by atoms with Crippen molar-refractivity contribution in [2.24, 2.45) is 0 Å². The summed E-state index contributed by atoms with van der Waals surface area (Å²) in [5.41, 5.74) is 1.85. The van der Waals surface area contributed by atoms with Gasteiger partial charge in [0.1, 0.15) is 6.61 Å². The van der Waals surface area contributed by atoms with Crippen LogP contribution in [0.2, 0.25) is 0 Å². The molecule has 2 aromatic carbocycles. The monoisotopic (exact) mass is 337 g/mol. The van der Waals surface area contributed by atoms with Gasteiger partial charge in [-0.1, -0.05) is 42.5 Å². The molecule has 2 amide bonds. The Bertz CT molecular complexity index is 750. The number of benzene rings is 2. The van der Waals surface area contributed by atoms with E-state index in [0.29, 0.717) is 30.5 Å². The number of carbonyl (C=O) groups excluding carboxylic acids is 3. The number of unbranched alkanes of at least 4 members (excludes halogenated alkanes) is 1. The highest BCUT2D eigenvalue weighted by Gasteiger charge is 2.34. The van der Waals surface area contributed by atoms with E-state index >= 15 is 0 Å². The highest BCUT2D eigenvalue weighted by atomic mass is 16.5. The van der Waals surface area contributed by atoms with E-state index in [1.165, 1.54) is 4.90 Å². The molecular weight excluding hydrogens is 318 g/mol. The number of hydrogen-bond acceptors (Lipinski definition) is 4. The molecule has 25 heavy (non-hydrogen) atoms. The van der Waals surface area contributed by atoms with Crippen molar-refractivity contribution < 1.29 is 19.1 Å². The number of ether oxygens (including phenoxy) is 1. The maximum Gasteiger partial charge on any atom is 0.306 e. The first-order valence-corrected chi connectivity index (χ1v) is 8.31. The smallest absolute Gasteiger partial charge is 0.306 e. The molecule has 0 bridgehead atoms. The third kappa shape index (κ3) is 3.94. The average Bonchev–Trinajstić information content (AvgIpc) is 2.89. The number of nitrogens with zero attached hydrogens (tertiary/aromatic N) is 1. The molecule has 128 valence electrons. The molecule has 1 heterocycles. The average molecular weight is 337 g/mol. The summed E-state index contributed by atoms with van der Waals surface area (Å²) in [6, 6.07) is 16.3. The van der Waals surface area contributed by atoms with Gasteiger partial charge in [0.25, 0.3) is 11.8 Å². The number of rotatable bonds is 7. The van der Waals surface area contributed by atoms with Crippen LogP contribution in [0.5, 0.6) is 0 Å². The molecule has 0 atom stereocenters. The minimum atomic E-state index is -0.272. The van der Waals surface area contributed by atoms with Gasteiger partial charge in [0.15, 0.2) is 0 Å². The van der Waals surface area contributed by atoms with Crippen LogP contribution < -0.4 is 0 Å². The lowest BCUT2D eigenvalue weighted by Crippen LogP contribution is -2.30. The van der Waals surface area contributed by atoms with Crippen LogP contribution in [-0.4, -0.2) is 29.2 Å². The minimum Gasteiger partial charge on any atom is -0.461 e. The van der Waals surface area contributed by atoms with Gasteiger partial charge in [0, 0.05) is 13.0 Å². The van der Waals surface area contributed by atoms with E-state index in [1.807, 2.05) is 30.3 Å². The van der Waals surface area contributed by atoms with Crippen molar-refractivity contribution in [1.82, 2.24) is 4.90 Å². The van der Waals surface area contributed by atoms with Crippen molar-refractivity contribution in [3.8, 4) is 0 Å². The zero-order valence-electron chi connectivity index (χ0n) is 13.8. The molecular formula is C20H19NO4. The highest BCUT2D eigenvalue weighted by Crippen LogP contribution is 2.22. The Labute approximate surface area is 146 Å². The largest absolute Gasteiger partial charge is 0.461 e. The molecule has 0 unspecified atom stereocenters. The molecule has 0 aliphatic carbocycles. The van der Waals surface area contributed by atoms with Gasteiger partial charge in [-0.25, -0.2) is 0 Å². The first-order valence-electron chi connectivity index (χ1n) is 8.31. The Morgan fingerprint density at radius 1 is 0.840 bits per heavy atom. The Morgan fingerprint density at radius 2 is 1.44 bits per heavy atom. The number of esters is 1. The van der Waals surface area contributed by atoms with E-state index in [1.54, 1.807) is 24.3 Å². The summed E-state index contributed by atoms with van der Waals surface area (Å²) in [5, 5.41) is 0. The highest BCUT2D eigenvalue weighted by molar-refractivity contribution is 6.21. The number of hydrogen-bond donors (Lipinski definition) is 0. The number of imide groups is 1. The van der Waals surface area contributed by atoms with Gasteiger partial charge in [-0.05, 0) is 30.5 Å². The van der Waals surface area contributed by atoms with Gasteiger partial charge < -0.3 is 4.74 Å². The van der Waals surface area contributed by atoms with Crippen LogP contribution >= 0.6 is 0 Å². The fourth-order valence-electron chi connectivity index (χ4n) is 2.79. The third-order valence-electron chi connectivity index (χ3n) is 4.13. The van der Waals surface area contributed by atoms with Crippen molar-refractivity contribution in [3.63, 3.8) is 0 Å². The van der Waals surface area contributed by atoms with Crippen LogP contribution in [0.25, 0.3) is 0 Å². The SMILES string of the molecule is O=C(CCCCN1C(=O)c2ccccc2C1=O)OCc1ccccc1. The van der Waals surface area contributed by atoms with E-state index in [4.69, 9.17) is 4.74 Å². The van der Waals surface area contributed by atoms with Crippen molar-refractivity contribution in [2.45, 2.75) is 25.9 Å². The predicted octanol–water partition coefficient (Wildman–Crippen LogP) is 3.20. The molecule has 1 aliphatic rings. The van der Waals surface area contributed by atoms with Gasteiger partial charge in [-0.3, -0.25) is 19.3 Å². The van der Waals surface area contributed by atoms with Crippen molar-refractivity contribution in [3.05, 3.63) is 71.3 Å². The summed E-state index contributed by atoms with van der Waals surface area (Å²) >= 11 is 0. The molecule has 3 rings (SSSR count). The number of carbonyl (C=O) groups is 3. The molecule has 0 N–H and O–H groups in total. The number of fused-ring (bicyclic) bond motifs is 1. The molecule has 0 fully saturated rings. The van der Waals surface area contributed by atoms with E-state index in [-0.39, 0.29) is 30.8 Å². The van der Waals surface area contributed by atoms with Gasteiger partial charge in [-0.2, -0.15) is 0 Å². The van der Waals surface area contributed by atoms with Gasteiger partial charge in [0.05, 0.1) is 11.1 Å². The van der Waals surface area contributed by atoms with Crippen LogP contribution in [-0.2, 0) is 16.1 Å². The lowest BCUT2D eigenvalue weighted by Gasteiger charge is -2.13.